The molecule has 1 aliphatic rings. The first-order valence-electron chi connectivity index (χ1n) is 13.1. The van der Waals surface area contributed by atoms with Gasteiger partial charge in [-0.1, -0.05) is 35.7 Å². The standard InChI is InChI=1S/C29H36BrFN4O2/c1-4-5-11-29(19-32,23-17-26(36-2)27(37-3)18-24(23)30)12-6-13-35-14-9-20(10-15-35)28-22-8-7-21(31)16-25(22)33-34-28/h7-8,16-18,20H,4-6,9-15H2,1-3H3,(H,33,34). The highest BCUT2D eigenvalue weighted by atomic mass is 79.9. The van der Waals surface area contributed by atoms with Gasteiger partial charge in [-0.2, -0.15) is 10.4 Å². The van der Waals surface area contributed by atoms with Gasteiger partial charge < -0.3 is 14.4 Å². The number of aromatic nitrogens is 2. The maximum absolute atomic E-state index is 13.5. The van der Waals surface area contributed by atoms with Crippen molar-refractivity contribution in [1.29, 1.82) is 5.26 Å². The van der Waals surface area contributed by atoms with Gasteiger partial charge in [0, 0.05) is 27.5 Å². The van der Waals surface area contributed by atoms with E-state index in [-0.39, 0.29) is 5.82 Å². The van der Waals surface area contributed by atoms with E-state index in [9.17, 15) is 9.65 Å². The molecule has 6 nitrogen and oxygen atoms in total. The predicted molar refractivity (Wildman–Crippen MR) is 148 cm³/mol. The second-order valence-corrected chi connectivity index (χ2v) is 10.9. The summed E-state index contributed by atoms with van der Waals surface area (Å²) in [5.41, 5.74) is 2.20. The molecule has 0 spiro atoms. The SMILES string of the molecule is CCCCC(C#N)(CCCN1CCC(c2[nH]nc3cc(F)ccc23)CC1)c1cc(OC)c(OC)cc1Br. The first kappa shape index (κ1) is 27.4. The topological polar surface area (TPSA) is 74.2 Å². The summed E-state index contributed by atoms with van der Waals surface area (Å²) in [5.74, 6) is 1.44. The number of hydrogen-bond acceptors (Lipinski definition) is 5. The Morgan fingerprint density at radius 2 is 1.84 bits per heavy atom. The maximum Gasteiger partial charge on any atom is 0.161 e. The van der Waals surface area contributed by atoms with Crippen molar-refractivity contribution in [2.75, 3.05) is 33.9 Å². The van der Waals surface area contributed by atoms with E-state index >= 15 is 0 Å². The number of hydrogen-bond donors (Lipinski definition) is 1. The van der Waals surface area contributed by atoms with Gasteiger partial charge in [0.1, 0.15) is 5.82 Å². The smallest absolute Gasteiger partial charge is 0.161 e. The summed E-state index contributed by atoms with van der Waals surface area (Å²) in [5, 5.41) is 19.0. The zero-order valence-electron chi connectivity index (χ0n) is 21.9. The molecule has 0 amide bonds. The van der Waals surface area contributed by atoms with E-state index in [0.717, 1.165) is 85.7 Å². The molecule has 0 aliphatic carbocycles. The molecule has 1 aliphatic heterocycles. The van der Waals surface area contributed by atoms with Gasteiger partial charge in [0.2, 0.25) is 0 Å². The Bertz CT molecular complexity index is 1250. The molecule has 4 rings (SSSR count). The summed E-state index contributed by atoms with van der Waals surface area (Å²) >= 11 is 3.71. The molecule has 2 heterocycles. The number of aromatic amines is 1. The lowest BCUT2D eigenvalue weighted by Crippen LogP contribution is -2.35. The van der Waals surface area contributed by atoms with Crippen LogP contribution in [0.5, 0.6) is 11.5 Å². The number of rotatable bonds is 11. The second kappa shape index (κ2) is 12.3. The largest absolute Gasteiger partial charge is 0.493 e. The molecular weight excluding hydrogens is 535 g/mol. The van der Waals surface area contributed by atoms with Crippen LogP contribution in [0.15, 0.2) is 34.8 Å². The Hall–Kier alpha value is -2.63. The van der Waals surface area contributed by atoms with Gasteiger partial charge >= 0.3 is 0 Å². The molecule has 1 saturated heterocycles. The number of unbranched alkanes of at least 4 members (excludes halogenated alkanes) is 1. The fraction of sp³-hybridized carbons (Fsp3) is 0.517. The van der Waals surface area contributed by atoms with Crippen LogP contribution < -0.4 is 9.47 Å². The summed E-state index contributed by atoms with van der Waals surface area (Å²) in [6.45, 7) is 5.12. The van der Waals surface area contributed by atoms with Crippen LogP contribution in [0.4, 0.5) is 4.39 Å². The predicted octanol–water partition coefficient (Wildman–Crippen LogP) is 7.09. The van der Waals surface area contributed by atoms with E-state index in [1.165, 1.54) is 12.1 Å². The van der Waals surface area contributed by atoms with Crippen LogP contribution in [-0.2, 0) is 5.41 Å². The van der Waals surface area contributed by atoms with E-state index in [0.29, 0.717) is 22.9 Å². The Balaban J connectivity index is 1.41. The third kappa shape index (κ3) is 5.94. The molecule has 0 saturated carbocycles. The van der Waals surface area contributed by atoms with Crippen LogP contribution >= 0.6 is 15.9 Å². The van der Waals surface area contributed by atoms with E-state index in [4.69, 9.17) is 9.47 Å². The highest BCUT2D eigenvalue weighted by Gasteiger charge is 2.35. The van der Waals surface area contributed by atoms with Crippen LogP contribution in [0.1, 0.15) is 69.0 Å². The highest BCUT2D eigenvalue weighted by molar-refractivity contribution is 9.10. The minimum atomic E-state index is -0.586. The average molecular weight is 572 g/mol. The van der Waals surface area contributed by atoms with Gasteiger partial charge in [0.25, 0.3) is 0 Å². The molecule has 37 heavy (non-hydrogen) atoms. The summed E-state index contributed by atoms with van der Waals surface area (Å²) < 4.78 is 25.4. The molecular formula is C29H36BrFN4O2. The molecule has 0 radical (unpaired) electrons. The van der Waals surface area contributed by atoms with Crippen molar-refractivity contribution in [2.45, 2.75) is 63.2 Å². The lowest BCUT2D eigenvalue weighted by Gasteiger charge is -2.33. The first-order chi connectivity index (χ1) is 17.9. The van der Waals surface area contributed by atoms with E-state index in [1.807, 2.05) is 18.2 Å². The normalized spacial score (nSPS) is 16.4. The quantitative estimate of drug-likeness (QED) is 0.266. The number of benzene rings is 2. The molecule has 198 valence electrons. The lowest BCUT2D eigenvalue weighted by molar-refractivity contribution is 0.203. The van der Waals surface area contributed by atoms with Crippen molar-refractivity contribution in [3.8, 4) is 17.6 Å². The van der Waals surface area contributed by atoms with Crippen LogP contribution in [0.3, 0.4) is 0 Å². The number of ether oxygens (including phenoxy) is 2. The Morgan fingerprint density at radius 1 is 1.14 bits per heavy atom. The molecule has 0 bridgehead atoms. The Kier molecular flexibility index (Phi) is 9.09. The van der Waals surface area contributed by atoms with Crippen molar-refractivity contribution in [2.24, 2.45) is 0 Å². The van der Waals surface area contributed by atoms with Crippen molar-refractivity contribution in [3.63, 3.8) is 0 Å². The molecule has 1 atom stereocenters. The van der Waals surface area contributed by atoms with Crippen LogP contribution in [0.25, 0.3) is 10.9 Å². The minimum absolute atomic E-state index is 0.257. The number of likely N-dealkylation sites (tertiary alicyclic amines) is 1. The molecule has 8 heteroatoms. The van der Waals surface area contributed by atoms with Crippen LogP contribution in [0.2, 0.25) is 0 Å². The van der Waals surface area contributed by atoms with Crippen molar-refractivity contribution in [1.82, 2.24) is 15.1 Å². The Morgan fingerprint density at radius 3 is 2.51 bits per heavy atom. The molecule has 1 N–H and O–H groups in total. The average Bonchev–Trinajstić information content (AvgIpc) is 3.34. The van der Waals surface area contributed by atoms with E-state index in [1.54, 1.807) is 14.2 Å². The third-order valence-corrected chi connectivity index (χ3v) is 8.44. The summed E-state index contributed by atoms with van der Waals surface area (Å²) in [4.78, 5) is 2.50. The van der Waals surface area contributed by atoms with Gasteiger partial charge in [-0.25, -0.2) is 4.39 Å². The van der Waals surface area contributed by atoms with Gasteiger partial charge in [0.15, 0.2) is 11.5 Å². The van der Waals surface area contributed by atoms with E-state index < -0.39 is 5.41 Å². The fourth-order valence-corrected chi connectivity index (χ4v) is 6.33. The number of piperidine rings is 1. The van der Waals surface area contributed by atoms with Gasteiger partial charge in [-0.3, -0.25) is 5.10 Å². The van der Waals surface area contributed by atoms with Crippen molar-refractivity contribution in [3.05, 3.63) is 51.9 Å². The lowest BCUT2D eigenvalue weighted by atomic mass is 9.74. The second-order valence-electron chi connectivity index (χ2n) is 10.0. The molecule has 1 unspecified atom stereocenters. The van der Waals surface area contributed by atoms with E-state index in [2.05, 4.69) is 44.0 Å². The molecule has 1 fully saturated rings. The van der Waals surface area contributed by atoms with Crippen LogP contribution in [0, 0.1) is 17.1 Å². The molecule has 2 aromatic carbocycles. The zero-order valence-corrected chi connectivity index (χ0v) is 23.5. The summed E-state index contributed by atoms with van der Waals surface area (Å²) in [6.07, 6.45) is 6.63. The van der Waals surface area contributed by atoms with Gasteiger partial charge in [-0.15, -0.1) is 0 Å². The van der Waals surface area contributed by atoms with Gasteiger partial charge in [-0.05, 0) is 81.6 Å². The Labute approximate surface area is 227 Å². The van der Waals surface area contributed by atoms with Crippen molar-refractivity contribution >= 4 is 26.8 Å². The molecule has 1 aromatic heterocycles. The number of H-pyrrole nitrogens is 1. The van der Waals surface area contributed by atoms with Crippen molar-refractivity contribution < 1.29 is 13.9 Å². The number of methoxy groups -OCH3 is 2. The monoisotopic (exact) mass is 570 g/mol. The number of halogens is 2. The number of fused-ring (bicyclic) bond motifs is 1. The number of nitrogens with zero attached hydrogens (tertiary/aromatic N) is 3. The summed E-state index contributed by atoms with van der Waals surface area (Å²) in [6, 6.07) is 11.4. The fourth-order valence-electron chi connectivity index (χ4n) is 5.63. The number of nitriles is 1. The first-order valence-corrected chi connectivity index (χ1v) is 13.9. The molecule has 3 aromatic rings. The third-order valence-electron chi connectivity index (χ3n) is 7.78. The highest BCUT2D eigenvalue weighted by Crippen LogP contribution is 2.43. The summed E-state index contributed by atoms with van der Waals surface area (Å²) in [7, 11) is 3.25. The number of nitrogens with one attached hydrogen (secondary N) is 1. The van der Waals surface area contributed by atoms with Crippen LogP contribution in [-0.4, -0.2) is 49.0 Å². The van der Waals surface area contributed by atoms with Gasteiger partial charge in [0.05, 0.1) is 31.2 Å². The zero-order chi connectivity index (χ0) is 26.4. The minimum Gasteiger partial charge on any atom is -0.493 e. The maximum atomic E-state index is 13.5.